The number of carbonyl (C=O) groups is 2. The van der Waals surface area contributed by atoms with Gasteiger partial charge in [0.1, 0.15) is 22.4 Å². The lowest BCUT2D eigenvalue weighted by atomic mass is 9.88. The number of amides is 2. The predicted molar refractivity (Wildman–Crippen MR) is 123 cm³/mol. The van der Waals surface area contributed by atoms with Gasteiger partial charge in [0, 0.05) is 4.88 Å². The fraction of sp³-hybridized carbons (Fsp3) is 0.375. The quantitative estimate of drug-likeness (QED) is 0.355. The van der Waals surface area contributed by atoms with Crippen LogP contribution in [-0.4, -0.2) is 18.4 Å². The van der Waals surface area contributed by atoms with Gasteiger partial charge in [0.05, 0.1) is 12.2 Å². The normalized spacial score (nSPS) is 15.6. The summed E-state index contributed by atoms with van der Waals surface area (Å²) >= 11 is 1.38. The molecular formula is C24H27N3O3S. The van der Waals surface area contributed by atoms with E-state index in [1.54, 1.807) is 12.1 Å². The average Bonchev–Trinajstić information content (AvgIpc) is 3.10. The summed E-state index contributed by atoms with van der Waals surface area (Å²) in [4.78, 5) is 25.9. The van der Waals surface area contributed by atoms with Gasteiger partial charge in [0.15, 0.2) is 0 Å². The molecule has 1 atom stereocenters. The van der Waals surface area contributed by atoms with Gasteiger partial charge in [-0.25, -0.2) is 0 Å². The summed E-state index contributed by atoms with van der Waals surface area (Å²) in [6, 6.07) is 9.17. The Hall–Kier alpha value is -3.11. The number of fused-ring (bicyclic) bond motifs is 1. The number of primary amides is 1. The minimum Gasteiger partial charge on any atom is -0.494 e. The number of nitrogens with one attached hydrogen (secondary N) is 1. The van der Waals surface area contributed by atoms with Crippen LogP contribution in [0, 0.1) is 17.2 Å². The van der Waals surface area contributed by atoms with Crippen molar-refractivity contribution in [3.8, 4) is 11.8 Å². The smallest absolute Gasteiger partial charge is 0.266 e. The maximum atomic E-state index is 12.8. The van der Waals surface area contributed by atoms with Gasteiger partial charge in [-0.1, -0.05) is 32.4 Å². The molecule has 0 aliphatic heterocycles. The van der Waals surface area contributed by atoms with Crippen LogP contribution in [0.5, 0.6) is 5.75 Å². The second-order valence-corrected chi connectivity index (χ2v) is 8.92. The summed E-state index contributed by atoms with van der Waals surface area (Å²) in [5, 5.41) is 12.7. The maximum absolute atomic E-state index is 12.8. The van der Waals surface area contributed by atoms with Gasteiger partial charge >= 0.3 is 0 Å². The maximum Gasteiger partial charge on any atom is 0.266 e. The lowest BCUT2D eigenvalue weighted by Crippen LogP contribution is -2.19. The molecule has 3 rings (SSSR count). The van der Waals surface area contributed by atoms with Crippen molar-refractivity contribution in [1.82, 2.24) is 0 Å². The molecule has 1 aliphatic rings. The SMILES string of the molecule is CCCCOc1ccc(C=C(C#N)C(=O)Nc2sc3c(c2C(N)=O)CCC(C)C3)cc1. The average molecular weight is 438 g/mol. The van der Waals surface area contributed by atoms with Crippen molar-refractivity contribution < 1.29 is 14.3 Å². The number of thiophene rings is 1. The lowest BCUT2D eigenvalue weighted by molar-refractivity contribution is -0.112. The van der Waals surface area contributed by atoms with Crippen LogP contribution in [0.1, 0.15) is 59.5 Å². The Balaban J connectivity index is 1.77. The molecule has 1 aliphatic carbocycles. The first kappa shape index (κ1) is 22.6. The fourth-order valence-electron chi connectivity index (χ4n) is 3.58. The Morgan fingerprint density at radius 3 is 2.74 bits per heavy atom. The number of anilines is 1. The number of hydrogen-bond donors (Lipinski definition) is 2. The number of nitriles is 1. The first-order valence-corrected chi connectivity index (χ1v) is 11.3. The molecule has 6 nitrogen and oxygen atoms in total. The Morgan fingerprint density at radius 2 is 2.10 bits per heavy atom. The van der Waals surface area contributed by atoms with Crippen LogP contribution in [0.2, 0.25) is 0 Å². The number of rotatable bonds is 8. The standard InChI is InChI=1S/C24H27N3O3S/c1-3-4-11-30-18-8-6-16(7-9-18)13-17(14-25)23(29)27-24-21(22(26)28)19-10-5-15(2)12-20(19)31-24/h6-9,13,15H,3-5,10-12H2,1-2H3,(H2,26,28)(H,27,29). The number of carbonyl (C=O) groups excluding carboxylic acids is 2. The zero-order valence-electron chi connectivity index (χ0n) is 17.9. The third kappa shape index (κ3) is 5.53. The topological polar surface area (TPSA) is 105 Å². The van der Waals surface area contributed by atoms with Gasteiger partial charge < -0.3 is 15.8 Å². The van der Waals surface area contributed by atoms with Gasteiger partial charge in [-0.3, -0.25) is 9.59 Å². The minimum atomic E-state index is -0.556. The monoisotopic (exact) mass is 437 g/mol. The number of ether oxygens (including phenoxy) is 1. The van der Waals surface area contributed by atoms with Gasteiger partial charge in [-0.05, 0) is 60.9 Å². The van der Waals surface area contributed by atoms with E-state index in [-0.39, 0.29) is 5.57 Å². The predicted octanol–water partition coefficient (Wildman–Crippen LogP) is 4.70. The second-order valence-electron chi connectivity index (χ2n) is 7.82. The Morgan fingerprint density at radius 1 is 1.35 bits per heavy atom. The number of unbranched alkanes of at least 4 members (excludes halogenated alkanes) is 1. The molecule has 0 radical (unpaired) electrons. The van der Waals surface area contributed by atoms with Crippen molar-refractivity contribution in [2.75, 3.05) is 11.9 Å². The van der Waals surface area contributed by atoms with E-state index < -0.39 is 11.8 Å². The van der Waals surface area contributed by atoms with Crippen molar-refractivity contribution in [1.29, 1.82) is 5.26 Å². The van der Waals surface area contributed by atoms with E-state index >= 15 is 0 Å². The summed E-state index contributed by atoms with van der Waals surface area (Å²) in [5.41, 5.74) is 7.59. The summed E-state index contributed by atoms with van der Waals surface area (Å²) in [6.45, 7) is 4.93. The van der Waals surface area contributed by atoms with Crippen molar-refractivity contribution in [2.45, 2.75) is 46.0 Å². The van der Waals surface area contributed by atoms with E-state index in [9.17, 15) is 14.9 Å². The van der Waals surface area contributed by atoms with E-state index in [0.717, 1.165) is 48.3 Å². The van der Waals surface area contributed by atoms with Gasteiger partial charge in [0.25, 0.3) is 11.8 Å². The van der Waals surface area contributed by atoms with Crippen molar-refractivity contribution in [3.63, 3.8) is 0 Å². The highest BCUT2D eigenvalue weighted by Crippen LogP contribution is 2.39. The molecule has 3 N–H and O–H groups in total. The van der Waals surface area contributed by atoms with Crippen LogP contribution in [0.15, 0.2) is 29.8 Å². The van der Waals surface area contributed by atoms with E-state index in [0.29, 0.717) is 28.7 Å². The molecule has 162 valence electrons. The van der Waals surface area contributed by atoms with Crippen LogP contribution in [0.25, 0.3) is 6.08 Å². The zero-order valence-corrected chi connectivity index (χ0v) is 18.7. The number of benzene rings is 1. The van der Waals surface area contributed by atoms with Crippen molar-refractivity contribution in [2.24, 2.45) is 11.7 Å². The molecule has 0 spiro atoms. The molecule has 1 aromatic heterocycles. The third-order valence-electron chi connectivity index (χ3n) is 5.31. The first-order chi connectivity index (χ1) is 14.9. The first-order valence-electron chi connectivity index (χ1n) is 10.5. The molecule has 0 saturated heterocycles. The largest absolute Gasteiger partial charge is 0.494 e. The highest BCUT2D eigenvalue weighted by molar-refractivity contribution is 7.17. The molecule has 1 aromatic carbocycles. The van der Waals surface area contributed by atoms with Gasteiger partial charge in [-0.2, -0.15) is 5.26 Å². The molecule has 7 heteroatoms. The molecular weight excluding hydrogens is 410 g/mol. The van der Waals surface area contributed by atoms with Crippen LogP contribution in [0.3, 0.4) is 0 Å². The van der Waals surface area contributed by atoms with Crippen LogP contribution in [0.4, 0.5) is 5.00 Å². The highest BCUT2D eigenvalue weighted by atomic mass is 32.1. The van der Waals surface area contributed by atoms with E-state index in [1.807, 2.05) is 18.2 Å². The molecule has 0 fully saturated rings. The number of nitrogens with two attached hydrogens (primary N) is 1. The second kappa shape index (κ2) is 10.3. The summed E-state index contributed by atoms with van der Waals surface area (Å²) in [7, 11) is 0. The Labute approximate surface area is 186 Å². The molecule has 2 amide bonds. The fourth-order valence-corrected chi connectivity index (χ4v) is 4.99. The van der Waals surface area contributed by atoms with Crippen LogP contribution >= 0.6 is 11.3 Å². The Bertz CT molecular complexity index is 1030. The van der Waals surface area contributed by atoms with Crippen molar-refractivity contribution >= 4 is 34.2 Å². The molecule has 1 unspecified atom stereocenters. The van der Waals surface area contributed by atoms with Crippen molar-refractivity contribution in [3.05, 3.63) is 51.4 Å². The molecule has 1 heterocycles. The van der Waals surface area contributed by atoms with Crippen LogP contribution in [-0.2, 0) is 17.6 Å². The minimum absolute atomic E-state index is 0.0465. The number of nitrogens with zero attached hydrogens (tertiary/aromatic N) is 1. The van der Waals surface area contributed by atoms with E-state index in [4.69, 9.17) is 10.5 Å². The van der Waals surface area contributed by atoms with Gasteiger partial charge in [-0.15, -0.1) is 11.3 Å². The van der Waals surface area contributed by atoms with E-state index in [1.165, 1.54) is 17.4 Å². The Kier molecular flexibility index (Phi) is 7.48. The van der Waals surface area contributed by atoms with Crippen LogP contribution < -0.4 is 15.8 Å². The lowest BCUT2D eigenvalue weighted by Gasteiger charge is -2.18. The zero-order chi connectivity index (χ0) is 22.4. The summed E-state index contributed by atoms with van der Waals surface area (Å²) in [5.74, 6) is 0.167. The van der Waals surface area contributed by atoms with Gasteiger partial charge in [0.2, 0.25) is 0 Å². The summed E-state index contributed by atoms with van der Waals surface area (Å²) in [6.07, 6.45) is 6.19. The molecule has 2 aromatic rings. The molecule has 0 bridgehead atoms. The third-order valence-corrected chi connectivity index (χ3v) is 6.48. The molecule has 0 saturated carbocycles. The molecule has 31 heavy (non-hydrogen) atoms. The number of hydrogen-bond acceptors (Lipinski definition) is 5. The highest BCUT2D eigenvalue weighted by Gasteiger charge is 2.27. The summed E-state index contributed by atoms with van der Waals surface area (Å²) < 4.78 is 5.63. The van der Waals surface area contributed by atoms with E-state index in [2.05, 4.69) is 19.2 Å².